The Morgan fingerprint density at radius 3 is 2.31 bits per heavy atom. The van der Waals surface area contributed by atoms with Crippen molar-refractivity contribution in [3.05, 3.63) is 92.2 Å². The van der Waals surface area contributed by atoms with Crippen LogP contribution in [-0.2, 0) is 4.79 Å². The summed E-state index contributed by atoms with van der Waals surface area (Å²) in [6.07, 6.45) is 0. The first-order valence-corrected chi connectivity index (χ1v) is 11.9. The van der Waals surface area contributed by atoms with Crippen LogP contribution >= 0.6 is 58.0 Å². The lowest BCUT2D eigenvalue weighted by atomic mass is 10.1. The highest BCUT2D eigenvalue weighted by molar-refractivity contribution is 6.53. The highest BCUT2D eigenvalue weighted by Crippen LogP contribution is 2.65. The van der Waals surface area contributed by atoms with Gasteiger partial charge in [-0.1, -0.05) is 40.9 Å². The van der Waals surface area contributed by atoms with Crippen molar-refractivity contribution >= 4 is 81.2 Å². The van der Waals surface area contributed by atoms with Crippen molar-refractivity contribution in [2.75, 3.05) is 10.6 Å². The molecule has 178 valence electrons. The van der Waals surface area contributed by atoms with E-state index in [1.165, 1.54) is 30.3 Å². The molecule has 1 aliphatic rings. The standard InChI is InChI=1S/C24H13Cl5FN3O2/c25-12-6-11(7-13(26)8-12)20-21(24(20,28)29)23(35)32-14-4-5-17(27)15(9-14)22(34)33-19-3-1-2-18(30)16(19)10-31/h1-9,20-21H,(H,32,35)(H,33,34)/t20-,21+/m1/s1. The third kappa shape index (κ3) is 5.20. The predicted molar refractivity (Wildman–Crippen MR) is 136 cm³/mol. The Labute approximate surface area is 224 Å². The van der Waals surface area contributed by atoms with E-state index in [1.807, 2.05) is 0 Å². The molecule has 3 aromatic rings. The number of halogens is 6. The number of anilines is 2. The highest BCUT2D eigenvalue weighted by atomic mass is 35.5. The Hall–Kier alpha value is -2.53. The van der Waals surface area contributed by atoms with Gasteiger partial charge in [0.25, 0.3) is 5.91 Å². The molecule has 0 radical (unpaired) electrons. The van der Waals surface area contributed by atoms with Gasteiger partial charge in [0.05, 0.1) is 22.2 Å². The summed E-state index contributed by atoms with van der Waals surface area (Å²) in [6.45, 7) is 0. The summed E-state index contributed by atoms with van der Waals surface area (Å²) < 4.78 is 12.5. The topological polar surface area (TPSA) is 82.0 Å². The summed E-state index contributed by atoms with van der Waals surface area (Å²) >= 11 is 31.1. The molecule has 0 aliphatic heterocycles. The molecule has 11 heteroatoms. The second-order valence-electron chi connectivity index (χ2n) is 7.74. The number of hydrogen-bond donors (Lipinski definition) is 2. The molecule has 1 fully saturated rings. The molecule has 1 saturated carbocycles. The molecule has 0 bridgehead atoms. The van der Waals surface area contributed by atoms with Crippen LogP contribution in [0.25, 0.3) is 0 Å². The van der Waals surface area contributed by atoms with Crippen molar-refractivity contribution in [1.29, 1.82) is 5.26 Å². The minimum atomic E-state index is -1.38. The Morgan fingerprint density at radius 1 is 0.971 bits per heavy atom. The highest BCUT2D eigenvalue weighted by Gasteiger charge is 2.67. The number of nitriles is 1. The molecule has 1 aliphatic carbocycles. The predicted octanol–water partition coefficient (Wildman–Crippen LogP) is 7.44. The molecule has 0 heterocycles. The molecule has 2 atom stereocenters. The molecule has 0 saturated heterocycles. The van der Waals surface area contributed by atoms with Gasteiger partial charge in [-0.3, -0.25) is 9.59 Å². The Kier molecular flexibility index (Phi) is 7.19. The van der Waals surface area contributed by atoms with Crippen molar-refractivity contribution in [3.63, 3.8) is 0 Å². The largest absolute Gasteiger partial charge is 0.326 e. The average Bonchev–Trinajstić information content (AvgIpc) is 3.36. The minimum Gasteiger partial charge on any atom is -0.326 e. The second kappa shape index (κ2) is 9.85. The van der Waals surface area contributed by atoms with Gasteiger partial charge in [-0.05, 0) is 54.1 Å². The van der Waals surface area contributed by atoms with Crippen LogP contribution in [0.5, 0.6) is 0 Å². The van der Waals surface area contributed by atoms with Crippen LogP contribution in [0.1, 0.15) is 27.4 Å². The smallest absolute Gasteiger partial charge is 0.257 e. The molecule has 35 heavy (non-hydrogen) atoms. The van der Waals surface area contributed by atoms with E-state index in [4.69, 9.17) is 63.3 Å². The molecule has 0 spiro atoms. The second-order valence-corrected chi connectivity index (χ2v) is 10.5. The Morgan fingerprint density at radius 2 is 1.66 bits per heavy atom. The van der Waals surface area contributed by atoms with Gasteiger partial charge in [0.1, 0.15) is 21.8 Å². The molecule has 2 N–H and O–H groups in total. The third-order valence-corrected chi connectivity index (χ3v) is 7.14. The van der Waals surface area contributed by atoms with Gasteiger partial charge in [-0.2, -0.15) is 5.26 Å². The first kappa shape index (κ1) is 25.6. The van der Waals surface area contributed by atoms with Crippen LogP contribution < -0.4 is 10.6 Å². The van der Waals surface area contributed by atoms with Crippen molar-refractivity contribution in [1.82, 2.24) is 0 Å². The summed E-state index contributed by atoms with van der Waals surface area (Å²) in [6, 6.07) is 14.6. The number of nitrogens with zero attached hydrogens (tertiary/aromatic N) is 1. The van der Waals surface area contributed by atoms with Crippen LogP contribution in [0.15, 0.2) is 54.6 Å². The van der Waals surface area contributed by atoms with E-state index < -0.39 is 33.8 Å². The van der Waals surface area contributed by atoms with Crippen LogP contribution in [-0.4, -0.2) is 16.1 Å². The molecule has 4 rings (SSSR count). The van der Waals surface area contributed by atoms with Gasteiger partial charge in [0.15, 0.2) is 0 Å². The van der Waals surface area contributed by atoms with Crippen molar-refractivity contribution in [2.45, 2.75) is 10.3 Å². The number of benzene rings is 3. The monoisotopic (exact) mass is 569 g/mol. The van der Waals surface area contributed by atoms with Gasteiger partial charge >= 0.3 is 0 Å². The SMILES string of the molecule is N#Cc1c(F)cccc1NC(=O)c1cc(NC(=O)[C@@H]2[C@@H](c3cc(Cl)cc(Cl)c3)C2(Cl)Cl)ccc1Cl. The van der Waals surface area contributed by atoms with Crippen LogP contribution in [0.3, 0.4) is 0 Å². The van der Waals surface area contributed by atoms with E-state index in [1.54, 1.807) is 24.3 Å². The van der Waals surface area contributed by atoms with Crippen molar-refractivity contribution in [3.8, 4) is 6.07 Å². The van der Waals surface area contributed by atoms with Crippen LogP contribution in [0.4, 0.5) is 15.8 Å². The summed E-state index contributed by atoms with van der Waals surface area (Å²) in [5.41, 5.74) is 0.533. The van der Waals surface area contributed by atoms with Gasteiger partial charge in [-0.15, -0.1) is 23.2 Å². The molecule has 2 amide bonds. The Balaban J connectivity index is 1.53. The fourth-order valence-electron chi connectivity index (χ4n) is 3.75. The minimum absolute atomic E-state index is 0.00500. The zero-order valence-electron chi connectivity index (χ0n) is 17.4. The van der Waals surface area contributed by atoms with Gasteiger partial charge in [-0.25, -0.2) is 4.39 Å². The molecule has 0 unspecified atom stereocenters. The zero-order valence-corrected chi connectivity index (χ0v) is 21.2. The maximum atomic E-state index is 13.8. The molecule has 0 aromatic heterocycles. The summed E-state index contributed by atoms with van der Waals surface area (Å²) in [7, 11) is 0. The van der Waals surface area contributed by atoms with E-state index in [0.29, 0.717) is 15.6 Å². The molecule has 3 aromatic carbocycles. The lowest BCUT2D eigenvalue weighted by Gasteiger charge is -2.11. The van der Waals surface area contributed by atoms with E-state index in [9.17, 15) is 14.0 Å². The molecular weight excluding hydrogens is 559 g/mol. The van der Waals surface area contributed by atoms with E-state index >= 15 is 0 Å². The lowest BCUT2D eigenvalue weighted by molar-refractivity contribution is -0.117. The normalized spacial score (nSPS) is 17.9. The van der Waals surface area contributed by atoms with Crippen molar-refractivity contribution in [2.24, 2.45) is 5.92 Å². The van der Waals surface area contributed by atoms with E-state index in [2.05, 4.69) is 10.6 Å². The van der Waals surface area contributed by atoms with E-state index in [0.717, 1.165) is 6.07 Å². The molecule has 5 nitrogen and oxygen atoms in total. The van der Waals surface area contributed by atoms with Crippen LogP contribution in [0, 0.1) is 23.1 Å². The first-order valence-electron chi connectivity index (χ1n) is 9.97. The summed E-state index contributed by atoms with van der Waals surface area (Å²) in [4.78, 5) is 25.8. The average molecular weight is 572 g/mol. The number of carbonyl (C=O) groups excluding carboxylic acids is 2. The number of nitrogens with one attached hydrogen (secondary N) is 2. The van der Waals surface area contributed by atoms with Gasteiger partial charge in [0.2, 0.25) is 5.91 Å². The van der Waals surface area contributed by atoms with E-state index in [-0.39, 0.29) is 27.5 Å². The van der Waals surface area contributed by atoms with Crippen molar-refractivity contribution < 1.29 is 14.0 Å². The first-order chi connectivity index (χ1) is 16.5. The molecular formula is C24H13Cl5FN3O2. The maximum absolute atomic E-state index is 13.8. The third-order valence-electron chi connectivity index (χ3n) is 5.43. The quantitative estimate of drug-likeness (QED) is 0.313. The Bertz CT molecular complexity index is 1390. The lowest BCUT2D eigenvalue weighted by Crippen LogP contribution is -2.18. The zero-order chi connectivity index (χ0) is 25.5. The number of alkyl halides is 2. The van der Waals surface area contributed by atoms with Gasteiger partial charge < -0.3 is 10.6 Å². The van der Waals surface area contributed by atoms with Crippen LogP contribution in [0.2, 0.25) is 15.1 Å². The number of rotatable bonds is 5. The summed E-state index contributed by atoms with van der Waals surface area (Å²) in [5.74, 6) is -3.31. The maximum Gasteiger partial charge on any atom is 0.257 e. The number of carbonyl (C=O) groups is 2. The fraction of sp³-hybridized carbons (Fsp3) is 0.125. The fourth-order valence-corrected chi connectivity index (χ4v) is 5.33. The number of amides is 2. The number of hydrogen-bond acceptors (Lipinski definition) is 3. The van der Waals surface area contributed by atoms with Gasteiger partial charge in [0, 0.05) is 21.7 Å². The summed E-state index contributed by atoms with van der Waals surface area (Å²) in [5, 5.41) is 15.2.